The molecule has 0 aliphatic heterocycles. The van der Waals surface area contributed by atoms with Gasteiger partial charge in [-0.25, -0.2) is 0 Å². The van der Waals surface area contributed by atoms with Crippen LogP contribution in [0.5, 0.6) is 0 Å². The van der Waals surface area contributed by atoms with Crippen LogP contribution >= 0.6 is 23.2 Å². The third-order valence-electron chi connectivity index (χ3n) is 6.82. The number of para-hydroxylation sites is 1. The first-order chi connectivity index (χ1) is 17.6. The highest BCUT2D eigenvalue weighted by molar-refractivity contribution is 6.39. The van der Waals surface area contributed by atoms with E-state index in [-0.39, 0.29) is 0 Å². The van der Waals surface area contributed by atoms with E-state index in [4.69, 9.17) is 23.2 Å². The van der Waals surface area contributed by atoms with Crippen molar-refractivity contribution in [2.45, 2.75) is 6.92 Å². The highest BCUT2D eigenvalue weighted by Gasteiger charge is 2.17. The van der Waals surface area contributed by atoms with Crippen LogP contribution in [0.3, 0.4) is 0 Å². The Morgan fingerprint density at radius 1 is 0.694 bits per heavy atom. The molecule has 3 heteroatoms. The van der Waals surface area contributed by atoms with E-state index in [0.29, 0.717) is 0 Å². The molecule has 1 aromatic heterocycles. The Hall–Kier alpha value is -3.78. The molecule has 0 bridgehead atoms. The van der Waals surface area contributed by atoms with Crippen LogP contribution in [-0.2, 0) is 0 Å². The standard InChI is InChI=1S/C33H23Cl2N/c1-3-5-10-22(4-2)36-31-16-7-6-11-23(31)28-19-21(17-18-32(28)36)33-24-12-8-14-29(34)26(24)20-27-25(33)13-9-15-30(27)35/h3-20H,2H2,1H3/b5-3-,22-10+. The van der Waals surface area contributed by atoms with Gasteiger partial charge in [-0.2, -0.15) is 0 Å². The molecular formula is C33H23Cl2N. The Morgan fingerprint density at radius 2 is 1.33 bits per heavy atom. The number of fused-ring (bicyclic) bond motifs is 5. The Bertz CT molecular complexity index is 1830. The molecule has 36 heavy (non-hydrogen) atoms. The summed E-state index contributed by atoms with van der Waals surface area (Å²) in [4.78, 5) is 0. The van der Waals surface area contributed by atoms with E-state index in [1.807, 2.05) is 49.4 Å². The van der Waals surface area contributed by atoms with Crippen molar-refractivity contribution in [1.82, 2.24) is 4.57 Å². The maximum atomic E-state index is 6.67. The Morgan fingerprint density at radius 3 is 2.00 bits per heavy atom. The van der Waals surface area contributed by atoms with Gasteiger partial charge in [0.25, 0.3) is 0 Å². The molecule has 0 unspecified atom stereocenters. The molecule has 0 atom stereocenters. The van der Waals surface area contributed by atoms with Crippen LogP contribution in [0.25, 0.3) is 60.2 Å². The molecule has 0 aliphatic rings. The monoisotopic (exact) mass is 503 g/mol. The Labute approximate surface area is 220 Å². The fourth-order valence-electron chi connectivity index (χ4n) is 5.24. The summed E-state index contributed by atoms with van der Waals surface area (Å²) in [5.74, 6) is 0. The van der Waals surface area contributed by atoms with Gasteiger partial charge < -0.3 is 4.57 Å². The van der Waals surface area contributed by atoms with Crippen molar-refractivity contribution >= 4 is 72.2 Å². The minimum Gasteiger partial charge on any atom is -0.309 e. The summed E-state index contributed by atoms with van der Waals surface area (Å²) in [6, 6.07) is 29.5. The number of rotatable bonds is 4. The number of aromatic nitrogens is 1. The van der Waals surface area contributed by atoms with Gasteiger partial charge in [0.15, 0.2) is 0 Å². The average Bonchev–Trinajstić information content (AvgIpc) is 3.22. The minimum absolute atomic E-state index is 0.720. The van der Waals surface area contributed by atoms with Crippen LogP contribution in [0.2, 0.25) is 10.0 Å². The summed E-state index contributed by atoms with van der Waals surface area (Å²) in [6.45, 7) is 6.10. The van der Waals surface area contributed by atoms with Gasteiger partial charge in [-0.1, -0.05) is 90.5 Å². The van der Waals surface area contributed by atoms with Crippen molar-refractivity contribution in [3.63, 3.8) is 0 Å². The fraction of sp³-hybridized carbons (Fsp3) is 0.0303. The van der Waals surface area contributed by atoms with E-state index in [0.717, 1.165) is 59.4 Å². The second-order valence-electron chi connectivity index (χ2n) is 8.83. The molecule has 0 radical (unpaired) electrons. The van der Waals surface area contributed by atoms with Crippen LogP contribution in [0.4, 0.5) is 0 Å². The SMILES string of the molecule is C=C/C(=C\C=C/C)n1c2ccccc2c2cc(-c3c4cccc(Cl)c4cc4c(Cl)cccc34)ccc21. The molecule has 0 amide bonds. The lowest BCUT2D eigenvalue weighted by atomic mass is 9.91. The molecule has 1 heterocycles. The maximum Gasteiger partial charge on any atom is 0.0541 e. The summed E-state index contributed by atoms with van der Waals surface area (Å²) >= 11 is 13.3. The molecule has 6 rings (SSSR count). The number of hydrogen-bond donors (Lipinski definition) is 0. The van der Waals surface area contributed by atoms with Crippen LogP contribution in [0, 0.1) is 0 Å². The summed E-state index contributed by atoms with van der Waals surface area (Å²) in [5.41, 5.74) is 5.58. The number of nitrogens with zero attached hydrogens (tertiary/aromatic N) is 1. The van der Waals surface area contributed by atoms with Crippen molar-refractivity contribution in [3.05, 3.63) is 126 Å². The highest BCUT2D eigenvalue weighted by Crippen LogP contribution is 2.43. The third kappa shape index (κ3) is 3.47. The number of benzene rings is 5. The smallest absolute Gasteiger partial charge is 0.0541 e. The van der Waals surface area contributed by atoms with Gasteiger partial charge in [-0.15, -0.1) is 0 Å². The third-order valence-corrected chi connectivity index (χ3v) is 7.48. The van der Waals surface area contributed by atoms with Crippen molar-refractivity contribution in [2.75, 3.05) is 0 Å². The summed E-state index contributed by atoms with van der Waals surface area (Å²) in [7, 11) is 0. The van der Waals surface area contributed by atoms with Crippen molar-refractivity contribution in [1.29, 1.82) is 0 Å². The van der Waals surface area contributed by atoms with E-state index < -0.39 is 0 Å². The minimum atomic E-state index is 0.720. The van der Waals surface area contributed by atoms with Crippen molar-refractivity contribution in [3.8, 4) is 11.1 Å². The molecule has 0 saturated heterocycles. The van der Waals surface area contributed by atoms with Gasteiger partial charge in [-0.3, -0.25) is 0 Å². The Balaban J connectivity index is 1.74. The zero-order chi connectivity index (χ0) is 24.8. The normalized spacial score (nSPS) is 12.5. The highest BCUT2D eigenvalue weighted by atomic mass is 35.5. The second kappa shape index (κ2) is 9.02. The summed E-state index contributed by atoms with van der Waals surface area (Å²) in [6.07, 6.45) is 8.07. The van der Waals surface area contributed by atoms with E-state index in [2.05, 4.69) is 77.9 Å². The predicted octanol–water partition coefficient (Wildman–Crippen LogP) is 10.7. The molecule has 1 nitrogen and oxygen atoms in total. The van der Waals surface area contributed by atoms with Crippen LogP contribution < -0.4 is 0 Å². The van der Waals surface area contributed by atoms with Crippen molar-refractivity contribution in [2.24, 2.45) is 0 Å². The molecule has 0 saturated carbocycles. The zero-order valence-electron chi connectivity index (χ0n) is 19.8. The average molecular weight is 504 g/mol. The lowest BCUT2D eigenvalue weighted by molar-refractivity contribution is 1.24. The van der Waals surface area contributed by atoms with Crippen molar-refractivity contribution < 1.29 is 0 Å². The van der Waals surface area contributed by atoms with E-state index in [1.54, 1.807) is 0 Å². The molecule has 6 aromatic rings. The number of halogens is 2. The van der Waals surface area contributed by atoms with E-state index in [9.17, 15) is 0 Å². The molecule has 0 fully saturated rings. The van der Waals surface area contributed by atoms with Crippen LogP contribution in [0.1, 0.15) is 6.92 Å². The maximum absolute atomic E-state index is 6.67. The fourth-order valence-corrected chi connectivity index (χ4v) is 5.70. The molecule has 174 valence electrons. The van der Waals surface area contributed by atoms with Gasteiger partial charge in [-0.05, 0) is 77.4 Å². The molecule has 5 aromatic carbocycles. The first kappa shape index (κ1) is 22.7. The number of allylic oxidation sites excluding steroid dienone is 5. The molecule has 0 N–H and O–H groups in total. The second-order valence-corrected chi connectivity index (χ2v) is 9.64. The van der Waals surface area contributed by atoms with Gasteiger partial charge in [0.05, 0.1) is 11.0 Å². The van der Waals surface area contributed by atoms with Gasteiger partial charge in [0.2, 0.25) is 0 Å². The quantitative estimate of drug-likeness (QED) is 0.166. The van der Waals surface area contributed by atoms with E-state index >= 15 is 0 Å². The number of hydrogen-bond acceptors (Lipinski definition) is 0. The van der Waals surface area contributed by atoms with Gasteiger partial charge in [0.1, 0.15) is 0 Å². The first-order valence-electron chi connectivity index (χ1n) is 11.9. The lowest BCUT2D eigenvalue weighted by Gasteiger charge is -2.14. The Kier molecular flexibility index (Phi) is 5.68. The van der Waals surface area contributed by atoms with E-state index in [1.165, 1.54) is 10.8 Å². The van der Waals surface area contributed by atoms with Gasteiger partial charge in [0, 0.05) is 37.3 Å². The summed E-state index contributed by atoms with van der Waals surface area (Å²) in [5, 5.41) is 8.05. The lowest BCUT2D eigenvalue weighted by Crippen LogP contribution is -1.94. The van der Waals surface area contributed by atoms with Gasteiger partial charge >= 0.3 is 0 Å². The van der Waals surface area contributed by atoms with Crippen LogP contribution in [-0.4, -0.2) is 4.57 Å². The largest absolute Gasteiger partial charge is 0.309 e. The zero-order valence-corrected chi connectivity index (χ0v) is 21.3. The first-order valence-corrected chi connectivity index (χ1v) is 12.7. The topological polar surface area (TPSA) is 4.93 Å². The van der Waals surface area contributed by atoms with Crippen LogP contribution in [0.15, 0.2) is 116 Å². The molecular weight excluding hydrogens is 481 g/mol. The summed E-state index contributed by atoms with van der Waals surface area (Å²) < 4.78 is 2.27. The predicted molar refractivity (Wildman–Crippen MR) is 159 cm³/mol. The molecule has 0 aliphatic carbocycles. The molecule has 0 spiro atoms.